The van der Waals surface area contributed by atoms with E-state index < -0.39 is 196 Å². The fourth-order valence-corrected chi connectivity index (χ4v) is 19.7. The first kappa shape index (κ1) is 113. The molecule has 6 aliphatic carbocycles. The Morgan fingerprint density at radius 3 is 1.10 bits per heavy atom. The van der Waals surface area contributed by atoms with Crippen LogP contribution in [0.1, 0.15) is 250 Å². The number of urea groups is 3. The number of amides is 15. The first-order chi connectivity index (χ1) is 63.1. The van der Waals surface area contributed by atoms with E-state index in [9.17, 15) is 86.3 Å². The SMILES string of the molecule is C=CCNC(=O)C(=O)C(CCC)NC(=O)[C@@H]1[C@@H]2[C@H](CN1C(=O)[C@@H](NC(=O)N[C@H](COC(=O)OC(C)C)C(C)C)C(C)(C)C)C2(C)C.CC(C)COC(=O)OC[C@@H](NC(=O)N[C@H](C(=O)N1C[C@H]2[C@@H]([C@H]1C(=O)NC(CC1CCC1)C(=O)C(N)=O)C2(C)C)C(C)(C)C)C(C)C.COC(=O)OC[C@@H](NC(=O)N[C@H](C(=O)N1C[C@H]2[C@@H]([C@H]1C(=O)NC(CC1CC1)C(=O)C(N)=O)C2(C)C)C(C)(C)C)C1CCCC1. The minimum atomic E-state index is -1.10. The molecule has 9 rings (SSSR count). The Hall–Kier alpha value is -10.4. The zero-order valence-electron chi connectivity index (χ0n) is 84.9. The Balaban J connectivity index is 0.000000278. The maximum atomic E-state index is 14.2. The van der Waals surface area contributed by atoms with Gasteiger partial charge in [0.15, 0.2) is 0 Å². The van der Waals surface area contributed by atoms with Crippen LogP contribution in [0, 0.1) is 104 Å². The highest BCUT2D eigenvalue weighted by Gasteiger charge is 2.73. The summed E-state index contributed by atoms with van der Waals surface area (Å²) in [6.07, 6.45) is 8.52. The van der Waals surface area contributed by atoms with Gasteiger partial charge in [-0.05, 0) is 149 Å². The van der Waals surface area contributed by atoms with Crippen molar-refractivity contribution in [3.05, 3.63) is 12.7 Å². The van der Waals surface area contributed by atoms with Crippen molar-refractivity contribution in [1.82, 2.24) is 67.9 Å². The summed E-state index contributed by atoms with van der Waals surface area (Å²) in [5, 5.41) is 27.8. The van der Waals surface area contributed by atoms with Crippen molar-refractivity contribution in [3.8, 4) is 0 Å². The zero-order chi connectivity index (χ0) is 102. The quantitative estimate of drug-likeness (QED) is 0.0122. The summed E-state index contributed by atoms with van der Waals surface area (Å²) in [4.78, 5) is 238. The minimum Gasteiger partial charge on any atom is -0.438 e. The molecule has 766 valence electrons. The molecule has 9 fully saturated rings. The molecule has 14 N–H and O–H groups in total. The Morgan fingerprint density at radius 1 is 0.434 bits per heavy atom. The molecule has 3 unspecified atom stereocenters. The van der Waals surface area contributed by atoms with Gasteiger partial charge in [-0.3, -0.25) is 57.5 Å². The maximum Gasteiger partial charge on any atom is 0.508 e. The highest BCUT2D eigenvalue weighted by molar-refractivity contribution is 6.39. The molecule has 18 atom stereocenters. The Bertz CT molecular complexity index is 4340. The molecule has 39 heteroatoms. The van der Waals surface area contributed by atoms with Crippen LogP contribution < -0.4 is 64.6 Å². The van der Waals surface area contributed by atoms with Crippen molar-refractivity contribution in [1.29, 1.82) is 0 Å². The Kier molecular flexibility index (Phi) is 38.8. The third kappa shape index (κ3) is 29.6. The van der Waals surface area contributed by atoms with Crippen molar-refractivity contribution in [2.24, 2.45) is 115 Å². The Labute approximate surface area is 801 Å². The lowest BCUT2D eigenvalue weighted by Crippen LogP contribution is -2.62. The van der Waals surface area contributed by atoms with Gasteiger partial charge in [0.25, 0.3) is 17.7 Å². The number of ketones is 3. The molecule has 3 heterocycles. The van der Waals surface area contributed by atoms with Gasteiger partial charge in [0.05, 0.1) is 56.1 Å². The van der Waals surface area contributed by atoms with Crippen LogP contribution in [0.15, 0.2) is 12.7 Å². The second-order valence-electron chi connectivity index (χ2n) is 45.0. The number of primary amides is 2. The molecule has 136 heavy (non-hydrogen) atoms. The number of ether oxygens (including phenoxy) is 6. The second kappa shape index (κ2) is 46.8. The van der Waals surface area contributed by atoms with E-state index in [-0.39, 0.29) is 133 Å². The highest BCUT2D eigenvalue weighted by atomic mass is 16.7. The van der Waals surface area contributed by atoms with Gasteiger partial charge in [0.1, 0.15) is 56.1 Å². The minimum absolute atomic E-state index is 0.0578. The molecule has 6 saturated carbocycles. The van der Waals surface area contributed by atoms with Crippen molar-refractivity contribution in [2.75, 3.05) is 59.7 Å². The number of carbonyl (C=O) groups excluding carboxylic acids is 18. The number of piperidine rings is 3. The molecule has 0 spiro atoms. The highest BCUT2D eigenvalue weighted by Crippen LogP contribution is 2.67. The lowest BCUT2D eigenvalue weighted by atomic mass is 9.80. The lowest BCUT2D eigenvalue weighted by Gasteiger charge is -2.38. The molecule has 0 aromatic rings. The third-order valence-corrected chi connectivity index (χ3v) is 28.8. The molecule has 3 aliphatic heterocycles. The summed E-state index contributed by atoms with van der Waals surface area (Å²) in [7, 11) is 1.21. The fourth-order valence-electron chi connectivity index (χ4n) is 19.7. The van der Waals surface area contributed by atoms with E-state index >= 15 is 0 Å². The molecule has 0 aromatic carbocycles. The van der Waals surface area contributed by atoms with Gasteiger partial charge < -0.3 is 108 Å². The fraction of sp³-hybridized carbons (Fsp3) is 0.794. The van der Waals surface area contributed by atoms with Gasteiger partial charge in [0.2, 0.25) is 52.8 Å². The number of nitrogens with one attached hydrogen (secondary N) is 10. The largest absolute Gasteiger partial charge is 0.508 e. The number of fused-ring (bicyclic) bond motifs is 3. The number of rotatable bonds is 41. The first-order valence-corrected chi connectivity index (χ1v) is 48.6. The smallest absolute Gasteiger partial charge is 0.438 e. The molecule has 0 bridgehead atoms. The first-order valence-electron chi connectivity index (χ1n) is 48.6. The van der Waals surface area contributed by atoms with E-state index in [2.05, 4.69) is 64.5 Å². The van der Waals surface area contributed by atoms with Crippen LogP contribution >= 0.6 is 0 Å². The molecular formula is C97H159N15O24. The van der Waals surface area contributed by atoms with E-state index in [1.807, 2.05) is 152 Å². The topological polar surface area (TPSA) is 545 Å². The van der Waals surface area contributed by atoms with Gasteiger partial charge in [-0.1, -0.05) is 210 Å². The van der Waals surface area contributed by atoms with E-state index in [1.54, 1.807) is 13.8 Å². The van der Waals surface area contributed by atoms with Crippen LogP contribution in [-0.4, -0.2) is 260 Å². The number of hydrogen-bond donors (Lipinski definition) is 12. The van der Waals surface area contributed by atoms with Crippen molar-refractivity contribution < 1.29 is 115 Å². The predicted molar refractivity (Wildman–Crippen MR) is 501 cm³/mol. The monoisotopic (exact) mass is 1920 g/mol. The number of nitrogens with two attached hydrogens (primary N) is 2. The number of likely N-dealkylation sites (tertiary alicyclic amines) is 3. The normalized spacial score (nSPS) is 23.8. The summed E-state index contributed by atoms with van der Waals surface area (Å²) < 4.78 is 30.2. The number of hydrogen-bond acceptors (Lipinski definition) is 24. The molecule has 0 radical (unpaired) electrons. The van der Waals surface area contributed by atoms with Crippen molar-refractivity contribution in [2.45, 2.75) is 328 Å². The molecule has 0 aromatic heterocycles. The third-order valence-electron chi connectivity index (χ3n) is 28.8. The molecule has 9 aliphatic rings. The number of methoxy groups -OCH3 is 1. The van der Waals surface area contributed by atoms with E-state index in [1.165, 1.54) is 27.9 Å². The van der Waals surface area contributed by atoms with E-state index in [4.69, 9.17) is 35.2 Å². The van der Waals surface area contributed by atoms with Crippen molar-refractivity contribution >= 4 is 107 Å². The van der Waals surface area contributed by atoms with Gasteiger partial charge in [0, 0.05) is 26.2 Å². The van der Waals surface area contributed by atoms with Crippen LogP contribution in [0.5, 0.6) is 0 Å². The number of nitrogens with zero attached hydrogens (tertiary/aromatic N) is 3. The molecule has 15 amide bonds. The summed E-state index contributed by atoms with van der Waals surface area (Å²) in [5.41, 5.74) is 7.82. The summed E-state index contributed by atoms with van der Waals surface area (Å²) in [5.74, 6) is -7.90. The van der Waals surface area contributed by atoms with Crippen LogP contribution in [0.25, 0.3) is 0 Å². The van der Waals surface area contributed by atoms with Gasteiger partial charge in [-0.15, -0.1) is 6.58 Å². The molecular weight excluding hydrogens is 1760 g/mol. The lowest BCUT2D eigenvalue weighted by molar-refractivity contribution is -0.145. The standard InChI is InChI=1S/2C33H55N5O8.C31H49N5O8/c1-17(2)15-45-31(44)46-16-22(18(3)4)36-30(43)37-26(32(5,6)7)29(42)38-14-20-23(33(20,8)9)24(38)28(41)35-21(25(39)27(34)40)13-19-11-10-12-19;1-12-14-21(25(39)28(41)34-15-13-2)35-27(40)24-23-20(33(23,10)11)16-38(24)29(42)26(32(7,8)9)37-30(43)36-22(18(3)4)17-45-31(44)46-19(5)6;1-30(2,3)24(35-28(41)34-20(15-44-29(42)43-6)17-9-7-8-10-17)27(40)36-14-18-21(31(18,4)5)22(36)26(39)33-19(13-16-11-12-16)23(37)25(32)38/h17-24,26H,10-16H2,1-9H3,(H2,34,40)(H,35,41)(H2,36,37,43);13,18-24,26H,2,12,14-17H2,1,3-11H3,(H,34,41)(H,35,40)(H2,36,37,43);16-22,24H,7-15H2,1-6H3,(H2,32,38)(H,33,39)(H2,34,35,41)/t2*20-,21?,22+,23-,24-,26+;18-,19?,20+,21-,22-,24+/m000/s1. The van der Waals surface area contributed by atoms with Crippen LogP contribution in [-0.2, 0) is 86.0 Å². The summed E-state index contributed by atoms with van der Waals surface area (Å²) in [6.45, 7) is 49.7. The van der Waals surface area contributed by atoms with Gasteiger partial charge in [-0.2, -0.15) is 0 Å². The summed E-state index contributed by atoms with van der Waals surface area (Å²) >= 11 is 0. The summed E-state index contributed by atoms with van der Waals surface area (Å²) in [6, 6.07) is -12.2. The van der Waals surface area contributed by atoms with Crippen molar-refractivity contribution in [3.63, 3.8) is 0 Å². The average Bonchev–Trinajstić information content (AvgIpc) is 1.53. The van der Waals surface area contributed by atoms with Crippen LogP contribution in [0.2, 0.25) is 0 Å². The predicted octanol–water partition coefficient (Wildman–Crippen LogP) is 7.54. The second-order valence-corrected chi connectivity index (χ2v) is 45.0. The Morgan fingerprint density at radius 2 is 0.787 bits per heavy atom. The number of Topliss-reactive ketones (excluding diaryl/α,β-unsaturated/α-hetero) is 3. The van der Waals surface area contributed by atoms with E-state index in [0.717, 1.165) is 57.8 Å². The maximum absolute atomic E-state index is 14.2. The van der Waals surface area contributed by atoms with Crippen LogP contribution in [0.4, 0.5) is 28.8 Å². The van der Waals surface area contributed by atoms with Gasteiger partial charge in [-0.25, -0.2) is 28.8 Å². The van der Waals surface area contributed by atoms with E-state index in [0.29, 0.717) is 38.9 Å². The molecule has 3 saturated heterocycles. The zero-order valence-corrected chi connectivity index (χ0v) is 84.9. The van der Waals surface area contributed by atoms with Gasteiger partial charge >= 0.3 is 36.6 Å². The average molecular weight is 1920 g/mol. The van der Waals surface area contributed by atoms with Crippen LogP contribution in [0.3, 0.4) is 0 Å². The number of carbonyl (C=O) groups is 18. The molecule has 39 nitrogen and oxygen atoms in total.